The van der Waals surface area contributed by atoms with Crippen molar-refractivity contribution in [3.8, 4) is 0 Å². The quantitative estimate of drug-likeness (QED) is 0.896. The lowest BCUT2D eigenvalue weighted by Crippen LogP contribution is -2.29. The van der Waals surface area contributed by atoms with E-state index in [9.17, 15) is 18.4 Å². The smallest absolute Gasteiger partial charge is 0.306 e. The van der Waals surface area contributed by atoms with Crippen LogP contribution in [0.3, 0.4) is 0 Å². The molecular weight excluding hydrogens is 268 g/mol. The Morgan fingerprint density at radius 3 is 2.00 bits per heavy atom. The Morgan fingerprint density at radius 2 is 1.50 bits per heavy atom. The molecule has 1 fully saturated rings. The van der Waals surface area contributed by atoms with Crippen LogP contribution in [0, 0.1) is 23.5 Å². The standard InChI is InChI=1S/C14H15F2NO3/c15-10-5-11(16)7-12(6-10)17-13(18)8-1-3-9(4-2-8)14(19)20/h5-9H,1-4H2,(H,17,18)(H,19,20). The zero-order valence-corrected chi connectivity index (χ0v) is 10.7. The molecule has 0 bridgehead atoms. The topological polar surface area (TPSA) is 66.4 Å². The van der Waals surface area contributed by atoms with Crippen LogP contribution in [0.25, 0.3) is 0 Å². The van der Waals surface area contributed by atoms with Gasteiger partial charge in [-0.2, -0.15) is 0 Å². The minimum atomic E-state index is -0.837. The average Bonchev–Trinajstić information content (AvgIpc) is 2.37. The maximum atomic E-state index is 13.0. The van der Waals surface area contributed by atoms with Gasteiger partial charge in [-0.15, -0.1) is 0 Å². The normalized spacial score (nSPS) is 22.3. The third-order valence-electron chi connectivity index (χ3n) is 3.58. The zero-order valence-electron chi connectivity index (χ0n) is 10.7. The van der Waals surface area contributed by atoms with E-state index in [0.29, 0.717) is 25.7 Å². The molecule has 4 nitrogen and oxygen atoms in total. The first kappa shape index (κ1) is 14.4. The number of halogens is 2. The van der Waals surface area contributed by atoms with Gasteiger partial charge in [-0.25, -0.2) is 8.78 Å². The molecule has 1 aliphatic carbocycles. The van der Waals surface area contributed by atoms with Gasteiger partial charge in [0.05, 0.1) is 5.92 Å². The van der Waals surface area contributed by atoms with E-state index in [0.717, 1.165) is 18.2 Å². The highest BCUT2D eigenvalue weighted by Gasteiger charge is 2.29. The summed E-state index contributed by atoms with van der Waals surface area (Å²) in [6, 6.07) is 2.82. The number of nitrogens with one attached hydrogen (secondary N) is 1. The number of benzene rings is 1. The number of aliphatic carboxylic acids is 1. The van der Waals surface area contributed by atoms with Gasteiger partial charge in [0.15, 0.2) is 0 Å². The molecule has 0 aromatic heterocycles. The number of carbonyl (C=O) groups is 2. The number of amides is 1. The van der Waals surface area contributed by atoms with Crippen LogP contribution >= 0.6 is 0 Å². The number of hydrogen-bond donors (Lipinski definition) is 2. The second kappa shape index (κ2) is 5.98. The molecule has 108 valence electrons. The van der Waals surface area contributed by atoms with Crippen LogP contribution in [0.4, 0.5) is 14.5 Å². The Labute approximate surface area is 114 Å². The van der Waals surface area contributed by atoms with E-state index in [4.69, 9.17) is 5.11 Å². The van der Waals surface area contributed by atoms with E-state index in [1.165, 1.54) is 0 Å². The molecule has 1 aliphatic rings. The average molecular weight is 283 g/mol. The monoisotopic (exact) mass is 283 g/mol. The van der Waals surface area contributed by atoms with Gasteiger partial charge in [0.2, 0.25) is 5.91 Å². The summed E-state index contributed by atoms with van der Waals surface area (Å²) in [5.74, 6) is -3.37. The number of hydrogen-bond acceptors (Lipinski definition) is 2. The van der Waals surface area contributed by atoms with Gasteiger partial charge in [-0.05, 0) is 37.8 Å². The maximum absolute atomic E-state index is 13.0. The molecule has 1 saturated carbocycles. The predicted octanol–water partition coefficient (Wildman–Crippen LogP) is 2.79. The first-order chi connectivity index (χ1) is 9.45. The molecule has 0 saturated heterocycles. The van der Waals surface area contributed by atoms with Gasteiger partial charge in [0, 0.05) is 17.7 Å². The zero-order chi connectivity index (χ0) is 14.7. The summed E-state index contributed by atoms with van der Waals surface area (Å²) in [6.45, 7) is 0. The van der Waals surface area contributed by atoms with Gasteiger partial charge in [-0.1, -0.05) is 0 Å². The number of carboxylic acid groups (broad SMARTS) is 1. The molecule has 0 spiro atoms. The van der Waals surface area contributed by atoms with Crippen molar-refractivity contribution in [3.05, 3.63) is 29.8 Å². The Bertz CT molecular complexity index is 505. The van der Waals surface area contributed by atoms with E-state index in [1.54, 1.807) is 0 Å². The highest BCUT2D eigenvalue weighted by Crippen LogP contribution is 2.29. The van der Waals surface area contributed by atoms with Gasteiger partial charge in [0.25, 0.3) is 0 Å². The number of rotatable bonds is 3. The molecule has 0 atom stereocenters. The third-order valence-corrected chi connectivity index (χ3v) is 3.58. The van der Waals surface area contributed by atoms with Gasteiger partial charge >= 0.3 is 5.97 Å². The van der Waals surface area contributed by atoms with E-state index in [2.05, 4.69) is 5.32 Å². The lowest BCUT2D eigenvalue weighted by molar-refractivity contribution is -0.143. The third kappa shape index (κ3) is 3.53. The molecule has 1 amide bonds. The molecule has 1 aromatic rings. The maximum Gasteiger partial charge on any atom is 0.306 e. The Balaban J connectivity index is 1.94. The van der Waals surface area contributed by atoms with Gasteiger partial charge in [-0.3, -0.25) is 9.59 Å². The summed E-state index contributed by atoms with van der Waals surface area (Å²) >= 11 is 0. The number of carbonyl (C=O) groups excluding carboxylic acids is 1. The van der Waals surface area contributed by atoms with Crippen molar-refractivity contribution in [2.24, 2.45) is 11.8 Å². The summed E-state index contributed by atoms with van der Waals surface area (Å²) in [7, 11) is 0. The van der Waals surface area contributed by atoms with Gasteiger partial charge < -0.3 is 10.4 Å². The van der Waals surface area contributed by atoms with Crippen LogP contribution in [-0.4, -0.2) is 17.0 Å². The van der Waals surface area contributed by atoms with Crippen LogP contribution < -0.4 is 5.32 Å². The SMILES string of the molecule is O=C(O)C1CCC(C(=O)Nc2cc(F)cc(F)c2)CC1. The number of carboxylic acids is 1. The van der Waals surface area contributed by atoms with Crippen molar-refractivity contribution >= 4 is 17.6 Å². The largest absolute Gasteiger partial charge is 0.481 e. The molecule has 0 radical (unpaired) electrons. The molecule has 2 rings (SSSR count). The van der Waals surface area contributed by atoms with Crippen molar-refractivity contribution in [1.82, 2.24) is 0 Å². The molecule has 2 N–H and O–H groups in total. The van der Waals surface area contributed by atoms with Crippen molar-refractivity contribution in [3.63, 3.8) is 0 Å². The molecule has 20 heavy (non-hydrogen) atoms. The van der Waals surface area contributed by atoms with Crippen LogP contribution in [0.15, 0.2) is 18.2 Å². The Hall–Kier alpha value is -1.98. The van der Waals surface area contributed by atoms with Crippen molar-refractivity contribution in [2.45, 2.75) is 25.7 Å². The Morgan fingerprint density at radius 1 is 1.00 bits per heavy atom. The molecule has 6 heteroatoms. The lowest BCUT2D eigenvalue weighted by Gasteiger charge is -2.25. The minimum absolute atomic E-state index is 0.0767. The highest BCUT2D eigenvalue weighted by molar-refractivity contribution is 5.92. The first-order valence-electron chi connectivity index (χ1n) is 6.45. The fraction of sp³-hybridized carbons (Fsp3) is 0.429. The van der Waals surface area contributed by atoms with E-state index in [1.807, 2.05) is 0 Å². The van der Waals surface area contributed by atoms with Crippen molar-refractivity contribution < 1.29 is 23.5 Å². The minimum Gasteiger partial charge on any atom is -0.481 e. The summed E-state index contributed by atoms with van der Waals surface area (Å²) in [5.41, 5.74) is 0.0767. The Kier molecular flexibility index (Phi) is 4.32. The van der Waals surface area contributed by atoms with Crippen LogP contribution in [0.2, 0.25) is 0 Å². The van der Waals surface area contributed by atoms with Crippen molar-refractivity contribution in [1.29, 1.82) is 0 Å². The summed E-state index contributed by atoms with van der Waals surface area (Å²) in [6.07, 6.45) is 1.84. The molecule has 0 unspecified atom stereocenters. The molecule has 1 aromatic carbocycles. The van der Waals surface area contributed by atoms with E-state index in [-0.39, 0.29) is 17.5 Å². The summed E-state index contributed by atoms with van der Waals surface area (Å²) in [5, 5.41) is 11.3. The van der Waals surface area contributed by atoms with Gasteiger partial charge in [0.1, 0.15) is 11.6 Å². The predicted molar refractivity (Wildman–Crippen MR) is 68.1 cm³/mol. The summed E-state index contributed by atoms with van der Waals surface area (Å²) in [4.78, 5) is 22.8. The lowest BCUT2D eigenvalue weighted by atomic mass is 9.81. The summed E-state index contributed by atoms with van der Waals surface area (Å²) < 4.78 is 26.0. The van der Waals surface area contributed by atoms with Crippen LogP contribution in [0.5, 0.6) is 0 Å². The molecular formula is C14H15F2NO3. The first-order valence-corrected chi connectivity index (χ1v) is 6.45. The second-order valence-electron chi connectivity index (χ2n) is 5.03. The van der Waals surface area contributed by atoms with E-state index >= 15 is 0 Å². The van der Waals surface area contributed by atoms with Crippen molar-refractivity contribution in [2.75, 3.05) is 5.32 Å². The second-order valence-corrected chi connectivity index (χ2v) is 5.03. The highest BCUT2D eigenvalue weighted by atomic mass is 19.1. The fourth-order valence-electron chi connectivity index (χ4n) is 2.47. The van der Waals surface area contributed by atoms with E-state index < -0.39 is 23.5 Å². The van der Waals surface area contributed by atoms with Crippen LogP contribution in [0.1, 0.15) is 25.7 Å². The molecule has 0 aliphatic heterocycles. The number of anilines is 1. The molecule has 0 heterocycles. The van der Waals surface area contributed by atoms with Crippen LogP contribution in [-0.2, 0) is 9.59 Å². The fourth-order valence-corrected chi connectivity index (χ4v) is 2.47.